The first kappa shape index (κ1) is 12.4. The first-order chi connectivity index (χ1) is 8.49. The van der Waals surface area contributed by atoms with Crippen LogP contribution < -0.4 is 10.5 Å². The second-order valence-electron chi connectivity index (χ2n) is 3.84. The van der Waals surface area contributed by atoms with E-state index in [0.29, 0.717) is 5.69 Å². The van der Waals surface area contributed by atoms with Crippen LogP contribution in [0.1, 0.15) is 5.56 Å². The fourth-order valence-corrected chi connectivity index (χ4v) is 2.45. The summed E-state index contributed by atoms with van der Waals surface area (Å²) in [5.41, 5.74) is 6.99. The van der Waals surface area contributed by atoms with E-state index in [-0.39, 0.29) is 10.7 Å². The summed E-state index contributed by atoms with van der Waals surface area (Å²) in [6, 6.07) is 9.60. The fourth-order valence-electron chi connectivity index (χ4n) is 1.41. The number of pyridine rings is 1. The second kappa shape index (κ2) is 4.66. The SMILES string of the molecule is Cc1ccc(S(=O)(=O)Nc2ccccn2)cc1N. The maximum Gasteiger partial charge on any atom is 0.263 e. The van der Waals surface area contributed by atoms with Crippen LogP contribution in [0.2, 0.25) is 0 Å². The number of nitrogen functional groups attached to an aromatic ring is 1. The van der Waals surface area contributed by atoms with Crippen molar-refractivity contribution in [2.24, 2.45) is 0 Å². The van der Waals surface area contributed by atoms with Gasteiger partial charge in [0.15, 0.2) is 0 Å². The molecule has 0 aliphatic rings. The van der Waals surface area contributed by atoms with Crippen LogP contribution in [0.3, 0.4) is 0 Å². The molecule has 1 heterocycles. The molecule has 6 heteroatoms. The smallest absolute Gasteiger partial charge is 0.263 e. The first-order valence-electron chi connectivity index (χ1n) is 5.29. The third-order valence-electron chi connectivity index (χ3n) is 2.46. The zero-order valence-electron chi connectivity index (χ0n) is 9.79. The molecule has 94 valence electrons. The highest BCUT2D eigenvalue weighted by molar-refractivity contribution is 7.92. The largest absolute Gasteiger partial charge is 0.398 e. The lowest BCUT2D eigenvalue weighted by Crippen LogP contribution is -2.14. The van der Waals surface area contributed by atoms with Gasteiger partial charge in [-0.25, -0.2) is 13.4 Å². The number of hydrogen-bond acceptors (Lipinski definition) is 4. The van der Waals surface area contributed by atoms with Crippen LogP contribution in [0.25, 0.3) is 0 Å². The highest BCUT2D eigenvalue weighted by atomic mass is 32.2. The molecule has 2 rings (SSSR count). The highest BCUT2D eigenvalue weighted by Crippen LogP contribution is 2.19. The number of anilines is 2. The van der Waals surface area contributed by atoms with Gasteiger partial charge in [0.2, 0.25) is 0 Å². The number of rotatable bonds is 3. The second-order valence-corrected chi connectivity index (χ2v) is 5.52. The van der Waals surface area contributed by atoms with Crippen molar-refractivity contribution in [1.29, 1.82) is 0 Å². The summed E-state index contributed by atoms with van der Waals surface area (Å²) < 4.78 is 26.5. The Morgan fingerprint density at radius 1 is 1.22 bits per heavy atom. The van der Waals surface area contributed by atoms with Gasteiger partial charge in [-0.15, -0.1) is 0 Å². The molecule has 0 aliphatic heterocycles. The molecule has 0 saturated heterocycles. The van der Waals surface area contributed by atoms with Gasteiger partial charge in [-0.3, -0.25) is 4.72 Å². The molecule has 0 atom stereocenters. The number of nitrogens with two attached hydrogens (primary N) is 1. The number of hydrogen-bond donors (Lipinski definition) is 2. The Bertz CT molecular complexity index is 654. The number of nitrogens with one attached hydrogen (secondary N) is 1. The maximum atomic E-state index is 12.1. The van der Waals surface area contributed by atoms with E-state index in [4.69, 9.17) is 5.73 Å². The van der Waals surface area contributed by atoms with Crippen LogP contribution in [0.15, 0.2) is 47.5 Å². The van der Waals surface area contributed by atoms with Crippen molar-refractivity contribution < 1.29 is 8.42 Å². The first-order valence-corrected chi connectivity index (χ1v) is 6.77. The van der Waals surface area contributed by atoms with E-state index in [1.807, 2.05) is 6.92 Å². The van der Waals surface area contributed by atoms with Crippen LogP contribution in [-0.2, 0) is 10.0 Å². The summed E-state index contributed by atoms with van der Waals surface area (Å²) in [7, 11) is -3.65. The molecular formula is C12H13N3O2S. The van der Waals surface area contributed by atoms with Gasteiger partial charge in [0, 0.05) is 11.9 Å². The molecule has 0 radical (unpaired) electrons. The quantitative estimate of drug-likeness (QED) is 0.826. The molecule has 2 aromatic rings. The van der Waals surface area contributed by atoms with Gasteiger partial charge in [0.25, 0.3) is 10.0 Å². The summed E-state index contributed by atoms with van der Waals surface area (Å²) in [4.78, 5) is 4.03. The minimum Gasteiger partial charge on any atom is -0.398 e. The van der Waals surface area contributed by atoms with Crippen LogP contribution in [0, 0.1) is 6.92 Å². The Kier molecular flexibility index (Phi) is 3.20. The lowest BCUT2D eigenvalue weighted by Gasteiger charge is -2.08. The highest BCUT2D eigenvalue weighted by Gasteiger charge is 2.15. The summed E-state index contributed by atoms with van der Waals surface area (Å²) in [5.74, 6) is 0.275. The molecule has 0 aliphatic carbocycles. The molecule has 1 aromatic heterocycles. The number of benzene rings is 1. The van der Waals surface area contributed by atoms with Crippen molar-refractivity contribution in [2.45, 2.75) is 11.8 Å². The van der Waals surface area contributed by atoms with Crippen molar-refractivity contribution >= 4 is 21.5 Å². The van der Waals surface area contributed by atoms with Gasteiger partial charge in [0.1, 0.15) is 5.82 Å². The lowest BCUT2D eigenvalue weighted by molar-refractivity contribution is 0.601. The van der Waals surface area contributed by atoms with E-state index in [1.54, 1.807) is 24.3 Å². The third-order valence-corrected chi connectivity index (χ3v) is 3.82. The lowest BCUT2D eigenvalue weighted by atomic mass is 10.2. The molecule has 0 unspecified atom stereocenters. The fraction of sp³-hybridized carbons (Fsp3) is 0.0833. The number of aromatic nitrogens is 1. The van der Waals surface area contributed by atoms with Crippen LogP contribution in [0.5, 0.6) is 0 Å². The third kappa shape index (κ3) is 2.60. The van der Waals surface area contributed by atoms with Gasteiger partial charge in [-0.2, -0.15) is 0 Å². The molecular weight excluding hydrogens is 250 g/mol. The summed E-state index contributed by atoms with van der Waals surface area (Å²) in [6.45, 7) is 1.82. The zero-order valence-corrected chi connectivity index (χ0v) is 10.6. The van der Waals surface area contributed by atoms with Crippen molar-refractivity contribution in [3.63, 3.8) is 0 Å². The zero-order chi connectivity index (χ0) is 13.2. The molecule has 18 heavy (non-hydrogen) atoms. The average Bonchev–Trinajstić information content (AvgIpc) is 2.33. The molecule has 0 fully saturated rings. The molecule has 0 bridgehead atoms. The maximum absolute atomic E-state index is 12.1. The Hall–Kier alpha value is -2.08. The Morgan fingerprint density at radius 3 is 2.61 bits per heavy atom. The van der Waals surface area contributed by atoms with Crippen molar-refractivity contribution in [2.75, 3.05) is 10.5 Å². The predicted octanol–water partition coefficient (Wildman–Crippen LogP) is 1.77. The summed E-state index contributed by atoms with van der Waals surface area (Å²) in [5, 5.41) is 0. The van der Waals surface area contributed by atoms with Gasteiger partial charge < -0.3 is 5.73 Å². The van der Waals surface area contributed by atoms with E-state index >= 15 is 0 Å². The average molecular weight is 263 g/mol. The van der Waals surface area contributed by atoms with Crippen LogP contribution >= 0.6 is 0 Å². The summed E-state index contributed by atoms with van der Waals surface area (Å²) in [6.07, 6.45) is 1.52. The molecule has 5 nitrogen and oxygen atoms in total. The number of sulfonamides is 1. The van der Waals surface area contributed by atoms with E-state index in [0.717, 1.165) is 5.56 Å². The molecule has 3 N–H and O–H groups in total. The van der Waals surface area contributed by atoms with Crippen LogP contribution in [-0.4, -0.2) is 13.4 Å². The Labute approximate surface area is 106 Å². The predicted molar refractivity (Wildman–Crippen MR) is 70.6 cm³/mol. The van der Waals surface area contributed by atoms with Gasteiger partial charge >= 0.3 is 0 Å². The summed E-state index contributed by atoms with van der Waals surface area (Å²) >= 11 is 0. The Balaban J connectivity index is 2.34. The minimum absolute atomic E-state index is 0.122. The van der Waals surface area contributed by atoms with Crippen molar-refractivity contribution in [1.82, 2.24) is 4.98 Å². The van der Waals surface area contributed by atoms with Gasteiger partial charge in [0.05, 0.1) is 4.90 Å². The molecule has 1 aromatic carbocycles. The molecule has 0 saturated carbocycles. The standard InChI is InChI=1S/C12H13N3O2S/c1-9-5-6-10(8-11(9)13)18(16,17)15-12-4-2-3-7-14-12/h2-8H,13H2,1H3,(H,14,15). The van der Waals surface area contributed by atoms with E-state index in [1.165, 1.54) is 18.3 Å². The normalized spacial score (nSPS) is 11.2. The van der Waals surface area contributed by atoms with Gasteiger partial charge in [-0.05, 0) is 36.8 Å². The molecule has 0 spiro atoms. The van der Waals surface area contributed by atoms with E-state index in [9.17, 15) is 8.42 Å². The number of aryl methyl sites for hydroxylation is 1. The van der Waals surface area contributed by atoms with Crippen molar-refractivity contribution in [3.05, 3.63) is 48.2 Å². The van der Waals surface area contributed by atoms with Crippen molar-refractivity contribution in [3.8, 4) is 0 Å². The molecule has 0 amide bonds. The van der Waals surface area contributed by atoms with E-state index < -0.39 is 10.0 Å². The van der Waals surface area contributed by atoms with Gasteiger partial charge in [-0.1, -0.05) is 12.1 Å². The Morgan fingerprint density at radius 2 is 2.00 bits per heavy atom. The van der Waals surface area contributed by atoms with E-state index in [2.05, 4.69) is 9.71 Å². The minimum atomic E-state index is -3.65. The monoisotopic (exact) mass is 263 g/mol. The van der Waals surface area contributed by atoms with Crippen LogP contribution in [0.4, 0.5) is 11.5 Å². The number of nitrogens with zero attached hydrogens (tertiary/aromatic N) is 1. The topological polar surface area (TPSA) is 85.1 Å².